The summed E-state index contributed by atoms with van der Waals surface area (Å²) in [6.07, 6.45) is 6.96. The molecule has 4 heterocycles. The molecule has 9 nitrogen and oxygen atoms in total. The summed E-state index contributed by atoms with van der Waals surface area (Å²) >= 11 is 1.40. The van der Waals surface area contributed by atoms with Crippen molar-refractivity contribution in [2.24, 2.45) is 0 Å². The van der Waals surface area contributed by atoms with Crippen LogP contribution in [0.3, 0.4) is 0 Å². The van der Waals surface area contributed by atoms with Gasteiger partial charge in [-0.05, 0) is 30.3 Å². The maximum Gasteiger partial charge on any atom is 0.233 e. The second-order valence-electron chi connectivity index (χ2n) is 7.42. The van der Waals surface area contributed by atoms with Gasteiger partial charge in [0.2, 0.25) is 11.9 Å². The number of para-hydroxylation sites is 1. The van der Waals surface area contributed by atoms with E-state index >= 15 is 0 Å². The molecule has 0 radical (unpaired) electrons. The molecule has 0 bridgehead atoms. The number of hydrogen-bond donors (Lipinski definition) is 0. The Morgan fingerprint density at radius 2 is 1.67 bits per heavy atom. The van der Waals surface area contributed by atoms with Gasteiger partial charge in [0.15, 0.2) is 11.0 Å². The lowest BCUT2D eigenvalue weighted by Crippen LogP contribution is -2.49. The number of nitrogens with zero attached hydrogens (tertiary/aromatic N) is 8. The third-order valence-corrected chi connectivity index (χ3v) is 6.27. The number of anilines is 1. The molecule has 1 amide bonds. The van der Waals surface area contributed by atoms with Crippen molar-refractivity contribution in [3.8, 4) is 17.1 Å². The third-order valence-electron chi connectivity index (χ3n) is 5.36. The van der Waals surface area contributed by atoms with E-state index in [2.05, 4.69) is 30.0 Å². The number of thioether (sulfide) groups is 1. The molecule has 0 N–H and O–H groups in total. The Balaban J connectivity index is 1.28. The van der Waals surface area contributed by atoms with Crippen LogP contribution in [-0.4, -0.2) is 72.5 Å². The van der Waals surface area contributed by atoms with E-state index in [0.29, 0.717) is 48.9 Å². The molecule has 1 aromatic carbocycles. The zero-order valence-corrected chi connectivity index (χ0v) is 18.7. The minimum Gasteiger partial charge on any atom is -0.338 e. The monoisotopic (exact) mass is 458 g/mol. The van der Waals surface area contributed by atoms with Crippen LogP contribution in [0.2, 0.25) is 0 Å². The van der Waals surface area contributed by atoms with Gasteiger partial charge in [0.05, 0.1) is 5.75 Å². The molecule has 3 aromatic heterocycles. The Hall–Kier alpha value is -3.79. The maximum absolute atomic E-state index is 12.9. The predicted octanol–water partition coefficient (Wildman–Crippen LogP) is 2.56. The minimum atomic E-state index is 0.0826. The van der Waals surface area contributed by atoms with Crippen LogP contribution >= 0.6 is 11.8 Å². The van der Waals surface area contributed by atoms with Gasteiger partial charge in [-0.1, -0.05) is 30.0 Å². The number of rotatable bonds is 6. The van der Waals surface area contributed by atoms with Gasteiger partial charge < -0.3 is 9.80 Å². The van der Waals surface area contributed by atoms with E-state index in [1.165, 1.54) is 11.8 Å². The van der Waals surface area contributed by atoms with Crippen LogP contribution in [0.15, 0.2) is 78.5 Å². The molecule has 33 heavy (non-hydrogen) atoms. The Bertz CT molecular complexity index is 1200. The topological polar surface area (TPSA) is 92.9 Å². The Labute approximate surface area is 195 Å². The Morgan fingerprint density at radius 3 is 2.39 bits per heavy atom. The van der Waals surface area contributed by atoms with Crippen molar-refractivity contribution in [3.05, 3.63) is 73.3 Å². The first-order valence-corrected chi connectivity index (χ1v) is 11.6. The average molecular weight is 459 g/mol. The number of carbonyl (C=O) groups is 1. The van der Waals surface area contributed by atoms with Crippen molar-refractivity contribution < 1.29 is 4.79 Å². The molecule has 166 valence electrons. The number of carbonyl (C=O) groups excluding carboxylic acids is 1. The van der Waals surface area contributed by atoms with Crippen LogP contribution in [0.5, 0.6) is 0 Å². The maximum atomic E-state index is 12.9. The molecule has 10 heteroatoms. The summed E-state index contributed by atoms with van der Waals surface area (Å²) in [5.74, 6) is 1.78. The quantitative estimate of drug-likeness (QED) is 0.407. The van der Waals surface area contributed by atoms with E-state index in [1.807, 2.05) is 51.9 Å². The first-order chi connectivity index (χ1) is 16.3. The summed E-state index contributed by atoms with van der Waals surface area (Å²) in [4.78, 5) is 29.7. The van der Waals surface area contributed by atoms with Crippen molar-refractivity contribution >= 4 is 23.6 Å². The lowest BCUT2D eigenvalue weighted by Gasteiger charge is -2.34. The van der Waals surface area contributed by atoms with Crippen LogP contribution in [0.4, 0.5) is 5.95 Å². The molecule has 4 aromatic rings. The van der Waals surface area contributed by atoms with Crippen LogP contribution in [-0.2, 0) is 4.79 Å². The van der Waals surface area contributed by atoms with Gasteiger partial charge in [0.25, 0.3) is 0 Å². The highest BCUT2D eigenvalue weighted by atomic mass is 32.2. The number of benzene rings is 1. The molecule has 0 spiro atoms. The third kappa shape index (κ3) is 4.70. The van der Waals surface area contributed by atoms with Gasteiger partial charge >= 0.3 is 0 Å². The van der Waals surface area contributed by atoms with E-state index in [9.17, 15) is 4.79 Å². The summed E-state index contributed by atoms with van der Waals surface area (Å²) in [7, 11) is 0. The van der Waals surface area contributed by atoms with Gasteiger partial charge in [0.1, 0.15) is 0 Å². The first kappa shape index (κ1) is 21.1. The Morgan fingerprint density at radius 1 is 0.879 bits per heavy atom. The molecule has 1 saturated heterocycles. The molecule has 0 saturated carbocycles. The van der Waals surface area contributed by atoms with Gasteiger partial charge in [0, 0.05) is 62.2 Å². The minimum absolute atomic E-state index is 0.0826. The summed E-state index contributed by atoms with van der Waals surface area (Å²) in [5, 5.41) is 9.46. The molecule has 0 atom stereocenters. The standard InChI is InChI=1S/C23H22N8OS/c32-20(29-12-14-30(15-13-29)22-25-10-5-11-26-22)17-33-23-28-27-21(18-6-4-9-24-16-18)31(23)19-7-2-1-3-8-19/h1-11,16H,12-15,17H2. The predicted molar refractivity (Wildman–Crippen MR) is 126 cm³/mol. The summed E-state index contributed by atoms with van der Waals surface area (Å²) in [6, 6.07) is 15.5. The molecule has 1 aliphatic heterocycles. The highest BCUT2D eigenvalue weighted by molar-refractivity contribution is 7.99. The van der Waals surface area contributed by atoms with E-state index in [4.69, 9.17) is 0 Å². The summed E-state index contributed by atoms with van der Waals surface area (Å²) in [6.45, 7) is 2.71. The first-order valence-electron chi connectivity index (χ1n) is 10.6. The number of amides is 1. The number of hydrogen-bond acceptors (Lipinski definition) is 8. The van der Waals surface area contributed by atoms with E-state index in [-0.39, 0.29) is 5.91 Å². The fraction of sp³-hybridized carbons (Fsp3) is 0.217. The summed E-state index contributed by atoms with van der Waals surface area (Å²) < 4.78 is 1.97. The van der Waals surface area contributed by atoms with Gasteiger partial charge in [-0.25, -0.2) is 9.97 Å². The molecular formula is C23H22N8OS. The smallest absolute Gasteiger partial charge is 0.233 e. The Kier molecular flexibility index (Phi) is 6.25. The van der Waals surface area contributed by atoms with Crippen molar-refractivity contribution in [2.45, 2.75) is 5.16 Å². The van der Waals surface area contributed by atoms with Crippen molar-refractivity contribution in [3.63, 3.8) is 0 Å². The van der Waals surface area contributed by atoms with Crippen molar-refractivity contribution in [1.82, 2.24) is 34.6 Å². The second kappa shape index (κ2) is 9.78. The molecule has 0 aliphatic carbocycles. The number of pyridine rings is 1. The van der Waals surface area contributed by atoms with E-state index in [1.54, 1.807) is 30.9 Å². The van der Waals surface area contributed by atoms with Crippen molar-refractivity contribution in [2.75, 3.05) is 36.8 Å². The zero-order valence-electron chi connectivity index (χ0n) is 17.9. The average Bonchev–Trinajstić information content (AvgIpc) is 3.33. The zero-order chi connectivity index (χ0) is 22.5. The van der Waals surface area contributed by atoms with Gasteiger partial charge in [-0.2, -0.15) is 0 Å². The SMILES string of the molecule is O=C(CSc1nnc(-c2cccnc2)n1-c1ccccc1)N1CCN(c2ncccn2)CC1. The largest absolute Gasteiger partial charge is 0.338 e. The van der Waals surface area contributed by atoms with E-state index < -0.39 is 0 Å². The summed E-state index contributed by atoms with van der Waals surface area (Å²) in [5.41, 5.74) is 1.80. The number of aromatic nitrogens is 6. The fourth-order valence-corrected chi connectivity index (χ4v) is 4.54. The highest BCUT2D eigenvalue weighted by Crippen LogP contribution is 2.27. The van der Waals surface area contributed by atoms with Crippen LogP contribution in [0.25, 0.3) is 17.1 Å². The number of piperazine rings is 1. The van der Waals surface area contributed by atoms with Crippen molar-refractivity contribution in [1.29, 1.82) is 0 Å². The molecule has 5 rings (SSSR count). The van der Waals surface area contributed by atoms with Gasteiger partial charge in [-0.3, -0.25) is 14.3 Å². The molecule has 1 aliphatic rings. The van der Waals surface area contributed by atoms with Crippen LogP contribution < -0.4 is 4.90 Å². The van der Waals surface area contributed by atoms with Crippen LogP contribution in [0, 0.1) is 0 Å². The van der Waals surface area contributed by atoms with Gasteiger partial charge in [-0.15, -0.1) is 10.2 Å². The highest BCUT2D eigenvalue weighted by Gasteiger charge is 2.24. The lowest BCUT2D eigenvalue weighted by molar-refractivity contribution is -0.128. The fourth-order valence-electron chi connectivity index (χ4n) is 3.68. The molecule has 0 unspecified atom stereocenters. The second-order valence-corrected chi connectivity index (χ2v) is 8.37. The molecule has 1 fully saturated rings. The molecular weight excluding hydrogens is 436 g/mol. The normalized spacial score (nSPS) is 13.8. The lowest BCUT2D eigenvalue weighted by atomic mass is 10.2. The van der Waals surface area contributed by atoms with Crippen LogP contribution in [0.1, 0.15) is 0 Å². The van der Waals surface area contributed by atoms with E-state index in [0.717, 1.165) is 11.3 Å².